The molecular weight excluding hydrogens is 358 g/mol. The summed E-state index contributed by atoms with van der Waals surface area (Å²) in [6, 6.07) is 25.6. The quantitative estimate of drug-likeness (QED) is 0.494. The van der Waals surface area contributed by atoms with Crippen molar-refractivity contribution in [1.29, 1.82) is 0 Å². The number of nitrogens with one attached hydrogen (secondary N) is 1. The third kappa shape index (κ3) is 5.08. The number of likely N-dealkylation sites (N-methyl/N-ethyl adjacent to an activating group) is 2. The SMILES string of the molecule is CN(CCN(C)Cc1cccc(-c2ccc3n[nH]nc3c2)c1)Cc1ccccc1. The van der Waals surface area contributed by atoms with Gasteiger partial charge < -0.3 is 9.80 Å². The highest BCUT2D eigenvalue weighted by Gasteiger charge is 2.07. The fraction of sp³-hybridized carbons (Fsp3) is 0.250. The molecule has 0 radical (unpaired) electrons. The van der Waals surface area contributed by atoms with Crippen LogP contribution in [0, 0.1) is 0 Å². The Bertz CT molecular complexity index is 1060. The van der Waals surface area contributed by atoms with Crippen molar-refractivity contribution in [2.24, 2.45) is 0 Å². The van der Waals surface area contributed by atoms with Crippen molar-refractivity contribution in [2.45, 2.75) is 13.1 Å². The van der Waals surface area contributed by atoms with E-state index >= 15 is 0 Å². The second-order valence-corrected chi connectivity index (χ2v) is 7.69. The van der Waals surface area contributed by atoms with Gasteiger partial charge in [-0.15, -0.1) is 0 Å². The molecule has 0 aliphatic rings. The van der Waals surface area contributed by atoms with E-state index in [1.807, 2.05) is 6.07 Å². The molecule has 0 atom stereocenters. The lowest BCUT2D eigenvalue weighted by Gasteiger charge is -2.22. The average Bonchev–Trinajstić information content (AvgIpc) is 3.21. The van der Waals surface area contributed by atoms with Crippen LogP contribution >= 0.6 is 0 Å². The minimum Gasteiger partial charge on any atom is -0.301 e. The van der Waals surface area contributed by atoms with Crippen LogP contribution in [0.5, 0.6) is 0 Å². The first-order valence-electron chi connectivity index (χ1n) is 9.98. The van der Waals surface area contributed by atoms with Crippen LogP contribution in [0.25, 0.3) is 22.2 Å². The maximum atomic E-state index is 4.20. The van der Waals surface area contributed by atoms with Gasteiger partial charge in [0.05, 0.1) is 0 Å². The zero-order valence-corrected chi connectivity index (χ0v) is 17.0. The Morgan fingerprint density at radius 1 is 0.655 bits per heavy atom. The van der Waals surface area contributed by atoms with E-state index in [4.69, 9.17) is 0 Å². The van der Waals surface area contributed by atoms with Gasteiger partial charge in [-0.2, -0.15) is 15.4 Å². The summed E-state index contributed by atoms with van der Waals surface area (Å²) in [5.74, 6) is 0. The molecule has 0 spiro atoms. The Hall–Kier alpha value is -3.02. The largest absolute Gasteiger partial charge is 0.301 e. The summed E-state index contributed by atoms with van der Waals surface area (Å²) in [4.78, 5) is 4.75. The van der Waals surface area contributed by atoms with Crippen LogP contribution in [0.4, 0.5) is 0 Å². The number of hydrogen-bond acceptors (Lipinski definition) is 4. The number of benzene rings is 3. The van der Waals surface area contributed by atoms with Gasteiger partial charge in [-0.25, -0.2) is 0 Å². The third-order valence-corrected chi connectivity index (χ3v) is 5.19. The zero-order valence-electron chi connectivity index (χ0n) is 17.0. The van der Waals surface area contributed by atoms with Gasteiger partial charge in [0.2, 0.25) is 0 Å². The molecule has 0 saturated carbocycles. The molecule has 29 heavy (non-hydrogen) atoms. The van der Waals surface area contributed by atoms with Crippen molar-refractivity contribution in [3.05, 3.63) is 83.9 Å². The van der Waals surface area contributed by atoms with Gasteiger partial charge in [0.1, 0.15) is 11.0 Å². The standard InChI is InChI=1S/C24H27N5/c1-28(17-19-7-4-3-5-8-19)13-14-29(2)18-20-9-6-10-21(15-20)22-11-12-23-24(16-22)26-27-25-23/h3-12,15-16H,13-14,17-18H2,1-2H3,(H,25,26,27). The van der Waals surface area contributed by atoms with E-state index < -0.39 is 0 Å². The van der Waals surface area contributed by atoms with E-state index in [9.17, 15) is 0 Å². The molecule has 1 heterocycles. The van der Waals surface area contributed by atoms with Crippen LogP contribution in [0.3, 0.4) is 0 Å². The first kappa shape index (κ1) is 19.3. The lowest BCUT2D eigenvalue weighted by atomic mass is 10.0. The van der Waals surface area contributed by atoms with E-state index in [1.54, 1.807) is 0 Å². The molecule has 4 rings (SSSR count). The molecule has 5 nitrogen and oxygen atoms in total. The van der Waals surface area contributed by atoms with E-state index in [0.29, 0.717) is 0 Å². The fourth-order valence-corrected chi connectivity index (χ4v) is 3.58. The normalized spacial score (nSPS) is 11.6. The molecule has 4 aromatic rings. The number of fused-ring (bicyclic) bond motifs is 1. The minimum absolute atomic E-state index is 0.893. The molecule has 0 amide bonds. The van der Waals surface area contributed by atoms with Crippen molar-refractivity contribution in [3.8, 4) is 11.1 Å². The smallest absolute Gasteiger partial charge is 0.113 e. The highest BCUT2D eigenvalue weighted by atomic mass is 15.3. The van der Waals surface area contributed by atoms with Crippen molar-refractivity contribution in [2.75, 3.05) is 27.2 Å². The van der Waals surface area contributed by atoms with E-state index in [-0.39, 0.29) is 0 Å². The molecule has 0 bridgehead atoms. The van der Waals surface area contributed by atoms with Gasteiger partial charge in [-0.3, -0.25) is 0 Å². The van der Waals surface area contributed by atoms with Crippen LogP contribution < -0.4 is 0 Å². The maximum Gasteiger partial charge on any atom is 0.113 e. The molecule has 0 saturated heterocycles. The summed E-state index contributed by atoms with van der Waals surface area (Å²) >= 11 is 0. The molecule has 0 unspecified atom stereocenters. The van der Waals surface area contributed by atoms with Crippen molar-refractivity contribution >= 4 is 11.0 Å². The van der Waals surface area contributed by atoms with Crippen LogP contribution in [0.2, 0.25) is 0 Å². The molecule has 0 fully saturated rings. The number of aromatic nitrogens is 3. The lowest BCUT2D eigenvalue weighted by molar-refractivity contribution is 0.247. The van der Waals surface area contributed by atoms with Crippen LogP contribution in [-0.2, 0) is 13.1 Å². The Morgan fingerprint density at radius 3 is 2.10 bits per heavy atom. The molecule has 0 aliphatic carbocycles. The van der Waals surface area contributed by atoms with Crippen molar-refractivity contribution in [1.82, 2.24) is 25.2 Å². The van der Waals surface area contributed by atoms with Crippen molar-refractivity contribution in [3.63, 3.8) is 0 Å². The Kier molecular flexibility index (Phi) is 5.98. The van der Waals surface area contributed by atoms with Crippen LogP contribution in [-0.4, -0.2) is 52.4 Å². The highest BCUT2D eigenvalue weighted by Crippen LogP contribution is 2.23. The summed E-state index contributed by atoms with van der Waals surface area (Å²) in [6.07, 6.45) is 0. The van der Waals surface area contributed by atoms with Gasteiger partial charge in [0.15, 0.2) is 0 Å². The molecule has 3 aromatic carbocycles. The van der Waals surface area contributed by atoms with E-state index in [0.717, 1.165) is 37.2 Å². The predicted octanol–water partition coefficient (Wildman–Crippen LogP) is 4.19. The number of rotatable bonds is 8. The van der Waals surface area contributed by atoms with Gasteiger partial charge in [-0.1, -0.05) is 54.6 Å². The summed E-state index contributed by atoms with van der Waals surface area (Å²) < 4.78 is 0. The summed E-state index contributed by atoms with van der Waals surface area (Å²) in [5, 5.41) is 11.0. The second kappa shape index (κ2) is 8.99. The zero-order chi connectivity index (χ0) is 20.1. The van der Waals surface area contributed by atoms with Gasteiger partial charge >= 0.3 is 0 Å². The van der Waals surface area contributed by atoms with Crippen molar-refractivity contribution < 1.29 is 0 Å². The number of nitrogens with zero attached hydrogens (tertiary/aromatic N) is 4. The Morgan fingerprint density at radius 2 is 1.31 bits per heavy atom. The third-order valence-electron chi connectivity index (χ3n) is 5.19. The Balaban J connectivity index is 1.34. The molecule has 1 aromatic heterocycles. The van der Waals surface area contributed by atoms with E-state index in [1.165, 1.54) is 22.3 Å². The minimum atomic E-state index is 0.893. The fourth-order valence-electron chi connectivity index (χ4n) is 3.58. The first-order chi connectivity index (χ1) is 14.2. The molecule has 0 aliphatic heterocycles. The number of hydrogen-bond donors (Lipinski definition) is 1. The summed E-state index contributed by atoms with van der Waals surface area (Å²) in [5.41, 5.74) is 6.83. The summed E-state index contributed by atoms with van der Waals surface area (Å²) in [6.45, 7) is 3.97. The first-order valence-corrected chi connectivity index (χ1v) is 9.98. The molecule has 5 heteroatoms. The molecular formula is C24H27N5. The molecule has 148 valence electrons. The maximum absolute atomic E-state index is 4.20. The second-order valence-electron chi connectivity index (χ2n) is 7.69. The van der Waals surface area contributed by atoms with Gasteiger partial charge in [-0.05, 0) is 54.5 Å². The number of aromatic amines is 1. The average molecular weight is 386 g/mol. The topological polar surface area (TPSA) is 48.0 Å². The summed E-state index contributed by atoms with van der Waals surface area (Å²) in [7, 11) is 4.37. The lowest BCUT2D eigenvalue weighted by Crippen LogP contribution is -2.30. The Labute approximate surface area is 172 Å². The van der Waals surface area contributed by atoms with Crippen LogP contribution in [0.15, 0.2) is 72.8 Å². The number of H-pyrrole nitrogens is 1. The van der Waals surface area contributed by atoms with Crippen LogP contribution in [0.1, 0.15) is 11.1 Å². The predicted molar refractivity (Wildman–Crippen MR) is 118 cm³/mol. The molecule has 1 N–H and O–H groups in total. The van der Waals surface area contributed by atoms with Gasteiger partial charge in [0.25, 0.3) is 0 Å². The van der Waals surface area contributed by atoms with E-state index in [2.05, 4.69) is 106 Å². The van der Waals surface area contributed by atoms with Gasteiger partial charge in [0, 0.05) is 26.2 Å². The highest BCUT2D eigenvalue weighted by molar-refractivity contribution is 5.80. The monoisotopic (exact) mass is 385 g/mol.